The van der Waals surface area contributed by atoms with E-state index in [9.17, 15) is 4.79 Å². The molecule has 0 spiro atoms. The number of allylic oxidation sites excluding steroid dienone is 1. The zero-order valence-corrected chi connectivity index (χ0v) is 19.1. The van der Waals surface area contributed by atoms with E-state index in [4.69, 9.17) is 15.5 Å². The molecule has 4 rings (SSSR count). The molecule has 1 atom stereocenters. The van der Waals surface area contributed by atoms with E-state index < -0.39 is 0 Å². The highest BCUT2D eigenvalue weighted by Crippen LogP contribution is 2.29. The molecule has 1 aromatic heterocycles. The maximum Gasteiger partial charge on any atom is 0.337 e. The molecular weight excluding hydrogens is 420 g/mol. The van der Waals surface area contributed by atoms with Crippen LogP contribution in [0.1, 0.15) is 28.7 Å². The fourth-order valence-corrected chi connectivity index (χ4v) is 3.69. The van der Waals surface area contributed by atoms with E-state index in [1.54, 1.807) is 12.1 Å². The number of nitrogens with two attached hydrogens (primary N) is 1. The molecule has 2 aliphatic heterocycles. The number of nitrogen functional groups attached to an aromatic ring is 1. The van der Waals surface area contributed by atoms with Gasteiger partial charge in [-0.15, -0.1) is 0 Å². The van der Waals surface area contributed by atoms with Crippen LogP contribution < -0.4 is 26.8 Å². The number of hydrogen-bond donors (Lipinski definition) is 4. The number of rotatable bonds is 6. The van der Waals surface area contributed by atoms with Gasteiger partial charge in [0, 0.05) is 31.9 Å². The van der Waals surface area contributed by atoms with Gasteiger partial charge in [-0.25, -0.2) is 20.2 Å². The molecule has 0 saturated carbocycles. The molecule has 2 aromatic rings. The molecule has 5 N–H and O–H groups in total. The summed E-state index contributed by atoms with van der Waals surface area (Å²) in [5, 5.41) is 3.34. The van der Waals surface area contributed by atoms with Gasteiger partial charge in [-0.1, -0.05) is 18.2 Å². The van der Waals surface area contributed by atoms with Crippen molar-refractivity contribution in [2.45, 2.75) is 13.1 Å². The second kappa shape index (κ2) is 9.88. The third-order valence-electron chi connectivity index (χ3n) is 5.64. The summed E-state index contributed by atoms with van der Waals surface area (Å²) in [6.45, 7) is 5.56. The summed E-state index contributed by atoms with van der Waals surface area (Å²) in [5.74, 6) is 1.49. The summed E-state index contributed by atoms with van der Waals surface area (Å²) in [5.41, 5.74) is 15.7. The topological polar surface area (TPSA) is 121 Å². The lowest BCUT2D eigenvalue weighted by atomic mass is 10.1. The van der Waals surface area contributed by atoms with Gasteiger partial charge in [0.2, 0.25) is 0 Å². The second-order valence-corrected chi connectivity index (χ2v) is 8.15. The SMILES string of the molecule is COC(=O)c1ccc(/C=C/c2nc(NC3C=C(C)NN3)c(N)c(N3CCN(C)CC3)n2)cc1. The number of esters is 1. The number of likely N-dealkylation sites (N-methyl/N-ethyl adjacent to an activating group) is 1. The molecular formula is C23H30N8O2. The summed E-state index contributed by atoms with van der Waals surface area (Å²) < 4.78 is 4.75. The fraction of sp³-hybridized carbons (Fsp3) is 0.348. The van der Waals surface area contributed by atoms with Gasteiger partial charge >= 0.3 is 5.97 Å². The van der Waals surface area contributed by atoms with Crippen LogP contribution in [0.3, 0.4) is 0 Å². The normalized spacial score (nSPS) is 18.8. The Bertz CT molecular complexity index is 1060. The Labute approximate surface area is 193 Å². The molecule has 174 valence electrons. The lowest BCUT2D eigenvalue weighted by Crippen LogP contribution is -2.45. The third kappa shape index (κ3) is 5.41. The van der Waals surface area contributed by atoms with Gasteiger partial charge in [-0.05, 0) is 43.8 Å². The van der Waals surface area contributed by atoms with Crippen LogP contribution in [0.2, 0.25) is 0 Å². The van der Waals surface area contributed by atoms with Crippen LogP contribution in [0, 0.1) is 0 Å². The molecule has 1 aromatic carbocycles. The summed E-state index contributed by atoms with van der Waals surface area (Å²) >= 11 is 0. The highest BCUT2D eigenvalue weighted by molar-refractivity contribution is 5.89. The number of carbonyl (C=O) groups is 1. The van der Waals surface area contributed by atoms with Crippen molar-refractivity contribution >= 4 is 35.4 Å². The predicted octanol–water partition coefficient (Wildman–Crippen LogP) is 1.52. The van der Waals surface area contributed by atoms with Crippen LogP contribution >= 0.6 is 0 Å². The Morgan fingerprint density at radius 1 is 1.18 bits per heavy atom. The molecule has 2 aliphatic rings. The molecule has 0 aliphatic carbocycles. The van der Waals surface area contributed by atoms with Crippen molar-refractivity contribution in [1.82, 2.24) is 25.7 Å². The van der Waals surface area contributed by atoms with Crippen LogP contribution in [0.25, 0.3) is 12.2 Å². The maximum absolute atomic E-state index is 11.6. The minimum atomic E-state index is -0.362. The average molecular weight is 451 g/mol. The van der Waals surface area contributed by atoms with E-state index in [0.717, 1.165) is 43.3 Å². The number of carbonyl (C=O) groups excluding carboxylic acids is 1. The van der Waals surface area contributed by atoms with Gasteiger partial charge in [-0.3, -0.25) is 0 Å². The Hall–Kier alpha value is -3.63. The van der Waals surface area contributed by atoms with Crippen LogP contribution in [0.4, 0.5) is 17.3 Å². The lowest BCUT2D eigenvalue weighted by Gasteiger charge is -2.34. The van der Waals surface area contributed by atoms with E-state index in [1.807, 2.05) is 37.3 Å². The summed E-state index contributed by atoms with van der Waals surface area (Å²) in [6, 6.07) is 7.15. The maximum atomic E-state index is 11.6. The summed E-state index contributed by atoms with van der Waals surface area (Å²) in [4.78, 5) is 25.6. The van der Waals surface area contributed by atoms with Gasteiger partial charge in [0.25, 0.3) is 0 Å². The lowest BCUT2D eigenvalue weighted by molar-refractivity contribution is 0.0600. The number of benzene rings is 1. The van der Waals surface area contributed by atoms with Gasteiger partial charge in [0.1, 0.15) is 11.9 Å². The zero-order chi connectivity index (χ0) is 23.4. The number of anilines is 3. The number of nitrogens with zero attached hydrogens (tertiary/aromatic N) is 4. The summed E-state index contributed by atoms with van der Waals surface area (Å²) in [7, 11) is 3.48. The van der Waals surface area contributed by atoms with Crippen molar-refractivity contribution in [3.8, 4) is 0 Å². The van der Waals surface area contributed by atoms with Crippen molar-refractivity contribution in [1.29, 1.82) is 0 Å². The highest BCUT2D eigenvalue weighted by atomic mass is 16.5. The number of nitrogens with one attached hydrogen (secondary N) is 3. The van der Waals surface area contributed by atoms with E-state index in [1.165, 1.54) is 7.11 Å². The fourth-order valence-electron chi connectivity index (χ4n) is 3.69. The smallest absolute Gasteiger partial charge is 0.337 e. The highest BCUT2D eigenvalue weighted by Gasteiger charge is 2.22. The van der Waals surface area contributed by atoms with Crippen molar-refractivity contribution < 1.29 is 9.53 Å². The first-order valence-corrected chi connectivity index (χ1v) is 10.9. The minimum Gasteiger partial charge on any atom is -0.465 e. The molecule has 0 amide bonds. The van der Waals surface area contributed by atoms with Crippen molar-refractivity contribution in [3.63, 3.8) is 0 Å². The van der Waals surface area contributed by atoms with Gasteiger partial charge in [0.15, 0.2) is 17.5 Å². The van der Waals surface area contributed by atoms with E-state index in [-0.39, 0.29) is 12.1 Å². The second-order valence-electron chi connectivity index (χ2n) is 8.15. The van der Waals surface area contributed by atoms with Crippen molar-refractivity contribution in [2.75, 3.05) is 56.3 Å². The molecule has 33 heavy (non-hydrogen) atoms. The molecule has 3 heterocycles. The van der Waals surface area contributed by atoms with Crippen molar-refractivity contribution in [2.24, 2.45) is 0 Å². The minimum absolute atomic E-state index is 0.134. The predicted molar refractivity (Wildman–Crippen MR) is 130 cm³/mol. The summed E-state index contributed by atoms with van der Waals surface area (Å²) in [6.07, 6.45) is 5.64. The van der Waals surface area contributed by atoms with E-state index in [0.29, 0.717) is 22.9 Å². The van der Waals surface area contributed by atoms with Gasteiger partial charge in [-0.2, -0.15) is 0 Å². The molecule has 1 saturated heterocycles. The van der Waals surface area contributed by atoms with Crippen LogP contribution in [0.5, 0.6) is 0 Å². The van der Waals surface area contributed by atoms with Gasteiger partial charge in [0.05, 0.1) is 12.7 Å². The van der Waals surface area contributed by atoms with E-state index >= 15 is 0 Å². The van der Waals surface area contributed by atoms with Crippen LogP contribution in [-0.2, 0) is 4.74 Å². The Morgan fingerprint density at radius 2 is 1.91 bits per heavy atom. The van der Waals surface area contributed by atoms with Crippen molar-refractivity contribution in [3.05, 3.63) is 53.0 Å². The quantitative estimate of drug-likeness (QED) is 0.482. The number of hydrazine groups is 1. The number of piperazine rings is 1. The first-order chi connectivity index (χ1) is 15.9. The number of ether oxygens (including phenoxy) is 1. The molecule has 1 fully saturated rings. The number of aromatic nitrogens is 2. The standard InChI is InChI=1S/C23H30N8O2/c1-15-14-19(29-28-15)26-21-20(24)22(31-12-10-30(2)11-13-31)27-18(25-21)9-6-16-4-7-17(8-5-16)23(32)33-3/h4-9,14,19,28-29H,10-13,24H2,1-3H3,(H,25,26,27)/b9-6+. The first kappa shape index (κ1) is 22.6. The monoisotopic (exact) mass is 450 g/mol. The zero-order valence-electron chi connectivity index (χ0n) is 19.1. The molecule has 1 unspecified atom stereocenters. The Kier molecular flexibility index (Phi) is 6.76. The van der Waals surface area contributed by atoms with Crippen LogP contribution in [-0.4, -0.2) is 67.3 Å². The number of methoxy groups -OCH3 is 1. The average Bonchev–Trinajstić information content (AvgIpc) is 3.24. The molecule has 10 nitrogen and oxygen atoms in total. The van der Waals surface area contributed by atoms with Gasteiger partial charge < -0.3 is 31.0 Å². The Morgan fingerprint density at radius 3 is 2.55 bits per heavy atom. The third-order valence-corrected chi connectivity index (χ3v) is 5.64. The van der Waals surface area contributed by atoms with E-state index in [2.05, 4.69) is 38.0 Å². The first-order valence-electron chi connectivity index (χ1n) is 10.9. The largest absolute Gasteiger partial charge is 0.465 e. The molecule has 0 radical (unpaired) electrons. The Balaban J connectivity index is 1.61. The molecule has 10 heteroatoms. The number of hydrogen-bond acceptors (Lipinski definition) is 10. The molecule has 0 bridgehead atoms. The van der Waals surface area contributed by atoms with Crippen LogP contribution in [0.15, 0.2) is 36.0 Å².